The van der Waals surface area contributed by atoms with Crippen LogP contribution in [0, 0.1) is 5.92 Å². The van der Waals surface area contributed by atoms with Gasteiger partial charge in [0.05, 0.1) is 0 Å². The van der Waals surface area contributed by atoms with E-state index in [0.717, 1.165) is 19.0 Å². The van der Waals surface area contributed by atoms with Gasteiger partial charge >= 0.3 is 5.97 Å². The van der Waals surface area contributed by atoms with Crippen LogP contribution in [0.5, 0.6) is 0 Å². The molecule has 2 aliphatic rings. The Bertz CT molecular complexity index is 224. The molecule has 15 heavy (non-hydrogen) atoms. The van der Waals surface area contributed by atoms with Gasteiger partial charge in [-0.15, -0.1) is 0 Å². The van der Waals surface area contributed by atoms with Crippen LogP contribution in [0.25, 0.3) is 0 Å². The van der Waals surface area contributed by atoms with E-state index in [0.29, 0.717) is 12.3 Å². The molecule has 3 nitrogen and oxygen atoms in total. The SMILES string of the molecule is O=C(O)CC1CCCN(C2CCCC2)C1. The van der Waals surface area contributed by atoms with Gasteiger partial charge in [0, 0.05) is 19.0 Å². The van der Waals surface area contributed by atoms with E-state index in [-0.39, 0.29) is 0 Å². The molecule has 0 aromatic rings. The van der Waals surface area contributed by atoms with E-state index in [1.54, 1.807) is 0 Å². The first kappa shape index (κ1) is 10.9. The Hall–Kier alpha value is -0.570. The molecule has 2 rings (SSSR count). The van der Waals surface area contributed by atoms with Crippen molar-refractivity contribution in [2.45, 2.75) is 51.0 Å². The summed E-state index contributed by atoms with van der Waals surface area (Å²) in [5, 5.41) is 8.80. The number of carbonyl (C=O) groups is 1. The molecule has 1 N–H and O–H groups in total. The van der Waals surface area contributed by atoms with Crippen molar-refractivity contribution in [3.63, 3.8) is 0 Å². The van der Waals surface area contributed by atoms with Crippen molar-refractivity contribution < 1.29 is 9.90 Å². The Morgan fingerprint density at radius 2 is 1.93 bits per heavy atom. The second kappa shape index (κ2) is 4.97. The van der Waals surface area contributed by atoms with Gasteiger partial charge in [0.1, 0.15) is 0 Å². The van der Waals surface area contributed by atoms with Crippen LogP contribution in [-0.4, -0.2) is 35.1 Å². The molecular formula is C12H21NO2. The molecule has 1 aliphatic heterocycles. The number of carboxylic acids is 1. The number of likely N-dealkylation sites (tertiary alicyclic amines) is 1. The first-order valence-electron chi connectivity index (χ1n) is 6.21. The van der Waals surface area contributed by atoms with Crippen LogP contribution in [0.2, 0.25) is 0 Å². The maximum absolute atomic E-state index is 10.7. The third-order valence-corrected chi connectivity index (χ3v) is 3.85. The Kier molecular flexibility index (Phi) is 3.62. The second-order valence-electron chi connectivity index (χ2n) is 5.04. The van der Waals surface area contributed by atoms with E-state index >= 15 is 0 Å². The van der Waals surface area contributed by atoms with Gasteiger partial charge < -0.3 is 10.0 Å². The van der Waals surface area contributed by atoms with Crippen LogP contribution >= 0.6 is 0 Å². The fourth-order valence-electron chi connectivity index (χ4n) is 3.11. The Balaban J connectivity index is 1.83. The van der Waals surface area contributed by atoms with Crippen LogP contribution < -0.4 is 0 Å². The average Bonchev–Trinajstić information content (AvgIpc) is 2.69. The molecule has 0 aromatic heterocycles. The molecule has 0 spiro atoms. The third kappa shape index (κ3) is 2.94. The van der Waals surface area contributed by atoms with E-state index in [4.69, 9.17) is 5.11 Å². The summed E-state index contributed by atoms with van der Waals surface area (Å²) in [5.74, 6) is -0.231. The van der Waals surface area contributed by atoms with Crippen molar-refractivity contribution >= 4 is 5.97 Å². The molecule has 1 aliphatic carbocycles. The lowest BCUT2D eigenvalue weighted by molar-refractivity contribution is -0.138. The van der Waals surface area contributed by atoms with Crippen LogP contribution in [0.15, 0.2) is 0 Å². The van der Waals surface area contributed by atoms with Crippen molar-refractivity contribution in [3.05, 3.63) is 0 Å². The summed E-state index contributed by atoms with van der Waals surface area (Å²) in [6.45, 7) is 2.22. The lowest BCUT2D eigenvalue weighted by Gasteiger charge is -2.36. The first-order valence-corrected chi connectivity index (χ1v) is 6.21. The molecule has 3 heteroatoms. The van der Waals surface area contributed by atoms with Gasteiger partial charge in [-0.3, -0.25) is 4.79 Å². The highest BCUT2D eigenvalue weighted by Crippen LogP contribution is 2.28. The number of carboxylic acid groups (broad SMARTS) is 1. The standard InChI is InChI=1S/C12H21NO2/c14-12(15)8-10-4-3-7-13(9-10)11-5-1-2-6-11/h10-11H,1-9H2,(H,14,15). The summed E-state index contributed by atoms with van der Waals surface area (Å²) in [6.07, 6.45) is 8.06. The number of hydrogen-bond donors (Lipinski definition) is 1. The summed E-state index contributed by atoms with van der Waals surface area (Å²) in [7, 11) is 0. The van der Waals surface area contributed by atoms with E-state index in [1.165, 1.54) is 38.6 Å². The molecule has 0 radical (unpaired) electrons. The number of hydrogen-bond acceptors (Lipinski definition) is 2. The summed E-state index contributed by atoms with van der Waals surface area (Å²) in [5.41, 5.74) is 0. The number of aliphatic carboxylic acids is 1. The Morgan fingerprint density at radius 3 is 2.60 bits per heavy atom. The maximum Gasteiger partial charge on any atom is 0.303 e. The second-order valence-corrected chi connectivity index (χ2v) is 5.04. The summed E-state index contributed by atoms with van der Waals surface area (Å²) in [6, 6.07) is 0.765. The van der Waals surface area contributed by atoms with Gasteiger partial charge in [-0.25, -0.2) is 0 Å². The monoisotopic (exact) mass is 211 g/mol. The Morgan fingerprint density at radius 1 is 1.20 bits per heavy atom. The van der Waals surface area contributed by atoms with Crippen molar-refractivity contribution in [2.24, 2.45) is 5.92 Å². The fraction of sp³-hybridized carbons (Fsp3) is 0.917. The summed E-state index contributed by atoms with van der Waals surface area (Å²) >= 11 is 0. The third-order valence-electron chi connectivity index (χ3n) is 3.85. The largest absolute Gasteiger partial charge is 0.481 e. The normalized spacial score (nSPS) is 29.5. The van der Waals surface area contributed by atoms with Gasteiger partial charge in [0.2, 0.25) is 0 Å². The highest BCUT2D eigenvalue weighted by atomic mass is 16.4. The molecule has 1 saturated carbocycles. The van der Waals surface area contributed by atoms with Crippen LogP contribution in [0.3, 0.4) is 0 Å². The maximum atomic E-state index is 10.7. The predicted molar refractivity (Wildman–Crippen MR) is 58.8 cm³/mol. The molecule has 1 atom stereocenters. The molecule has 0 aromatic carbocycles. The van der Waals surface area contributed by atoms with Crippen LogP contribution in [0.1, 0.15) is 44.9 Å². The van der Waals surface area contributed by atoms with E-state index in [1.807, 2.05) is 0 Å². The predicted octanol–water partition coefficient (Wildman–Crippen LogP) is 2.12. The number of nitrogens with zero attached hydrogens (tertiary/aromatic N) is 1. The number of rotatable bonds is 3. The van der Waals surface area contributed by atoms with Gasteiger partial charge in [-0.2, -0.15) is 0 Å². The quantitative estimate of drug-likeness (QED) is 0.777. The zero-order chi connectivity index (χ0) is 10.7. The van der Waals surface area contributed by atoms with Gasteiger partial charge in [0.25, 0.3) is 0 Å². The first-order chi connectivity index (χ1) is 7.25. The van der Waals surface area contributed by atoms with Gasteiger partial charge in [-0.05, 0) is 38.1 Å². The molecule has 2 fully saturated rings. The summed E-state index contributed by atoms with van der Waals surface area (Å²) < 4.78 is 0. The highest BCUT2D eigenvalue weighted by Gasteiger charge is 2.28. The molecule has 0 bridgehead atoms. The molecule has 1 unspecified atom stereocenters. The zero-order valence-electron chi connectivity index (χ0n) is 9.32. The van der Waals surface area contributed by atoms with Crippen molar-refractivity contribution in [1.82, 2.24) is 4.90 Å². The van der Waals surface area contributed by atoms with E-state index < -0.39 is 5.97 Å². The fourth-order valence-corrected chi connectivity index (χ4v) is 3.11. The molecule has 0 amide bonds. The zero-order valence-corrected chi connectivity index (χ0v) is 9.32. The van der Waals surface area contributed by atoms with E-state index in [9.17, 15) is 4.79 Å². The lowest BCUT2D eigenvalue weighted by atomic mass is 9.93. The number of piperidine rings is 1. The minimum Gasteiger partial charge on any atom is -0.481 e. The van der Waals surface area contributed by atoms with Gasteiger partial charge in [0.15, 0.2) is 0 Å². The van der Waals surface area contributed by atoms with Crippen molar-refractivity contribution in [1.29, 1.82) is 0 Å². The van der Waals surface area contributed by atoms with Crippen LogP contribution in [0.4, 0.5) is 0 Å². The lowest BCUT2D eigenvalue weighted by Crippen LogP contribution is -2.41. The highest BCUT2D eigenvalue weighted by molar-refractivity contribution is 5.67. The molecule has 1 saturated heterocycles. The van der Waals surface area contributed by atoms with Crippen molar-refractivity contribution in [3.8, 4) is 0 Å². The molecule has 86 valence electrons. The topological polar surface area (TPSA) is 40.5 Å². The summed E-state index contributed by atoms with van der Waals surface area (Å²) in [4.78, 5) is 13.2. The Labute approximate surface area is 91.5 Å². The minimum absolute atomic E-state index is 0.364. The van der Waals surface area contributed by atoms with E-state index in [2.05, 4.69) is 4.90 Å². The van der Waals surface area contributed by atoms with Gasteiger partial charge in [-0.1, -0.05) is 12.8 Å². The van der Waals surface area contributed by atoms with Crippen LogP contribution in [-0.2, 0) is 4.79 Å². The average molecular weight is 211 g/mol. The molecular weight excluding hydrogens is 190 g/mol. The van der Waals surface area contributed by atoms with Crippen molar-refractivity contribution in [2.75, 3.05) is 13.1 Å². The smallest absolute Gasteiger partial charge is 0.303 e. The minimum atomic E-state index is -0.631. The molecule has 1 heterocycles.